The highest BCUT2D eigenvalue weighted by atomic mass is 32.2. The minimum atomic E-state index is -4.24. The number of carboxylic acids is 1. The summed E-state index contributed by atoms with van der Waals surface area (Å²) >= 11 is 1.40. The highest BCUT2D eigenvalue weighted by molar-refractivity contribution is 8.03. The van der Waals surface area contributed by atoms with Crippen LogP contribution in [0.2, 0.25) is 0 Å². The molecule has 0 amide bonds. The minimum absolute atomic E-state index is 0.209. The van der Waals surface area contributed by atoms with Gasteiger partial charge in [-0.25, -0.2) is 9.18 Å². The fourth-order valence-electron chi connectivity index (χ4n) is 4.12. The smallest absolute Gasteiger partial charge is 0.401 e. The van der Waals surface area contributed by atoms with Crippen molar-refractivity contribution in [1.82, 2.24) is 14.7 Å². The second kappa shape index (κ2) is 10.3. The third-order valence-electron chi connectivity index (χ3n) is 5.51. The van der Waals surface area contributed by atoms with E-state index in [1.165, 1.54) is 28.8 Å². The molecule has 1 aromatic rings. The van der Waals surface area contributed by atoms with Crippen molar-refractivity contribution in [2.24, 2.45) is 0 Å². The Bertz CT molecular complexity index is 895. The SMILES string of the molecule is CCSC1=C(C(=O)O)C(C)=CC(N2CCN(CC(F)(F)F)CC2)N1Cc1cccc(F)c1. The maximum Gasteiger partial charge on any atom is 0.401 e. The van der Waals surface area contributed by atoms with E-state index in [1.807, 2.05) is 17.9 Å². The van der Waals surface area contributed by atoms with Gasteiger partial charge < -0.3 is 10.0 Å². The molecule has 0 spiro atoms. The first-order chi connectivity index (χ1) is 15.1. The first kappa shape index (κ1) is 24.6. The minimum Gasteiger partial charge on any atom is -0.478 e. The van der Waals surface area contributed by atoms with Crippen molar-refractivity contribution >= 4 is 17.7 Å². The summed E-state index contributed by atoms with van der Waals surface area (Å²) in [5.41, 5.74) is 1.52. The lowest BCUT2D eigenvalue weighted by molar-refractivity contribution is -0.150. The molecular weight excluding hydrogens is 446 g/mol. The number of benzene rings is 1. The summed E-state index contributed by atoms with van der Waals surface area (Å²) in [6.45, 7) is 4.38. The summed E-state index contributed by atoms with van der Waals surface area (Å²) in [5, 5.41) is 10.4. The van der Waals surface area contributed by atoms with Gasteiger partial charge in [-0.05, 0) is 42.0 Å². The molecule has 0 bridgehead atoms. The first-order valence-electron chi connectivity index (χ1n) is 10.4. The van der Waals surface area contributed by atoms with Crippen LogP contribution in [0.3, 0.4) is 0 Å². The van der Waals surface area contributed by atoms with Gasteiger partial charge in [0.25, 0.3) is 0 Å². The van der Waals surface area contributed by atoms with Crippen LogP contribution < -0.4 is 0 Å². The van der Waals surface area contributed by atoms with Crippen LogP contribution in [0.25, 0.3) is 0 Å². The fraction of sp³-hybridized carbons (Fsp3) is 0.500. The molecule has 3 rings (SSSR count). The van der Waals surface area contributed by atoms with E-state index >= 15 is 0 Å². The maximum atomic E-state index is 13.8. The first-order valence-corrected chi connectivity index (χ1v) is 11.4. The topological polar surface area (TPSA) is 47.0 Å². The summed E-state index contributed by atoms with van der Waals surface area (Å²) in [5.74, 6) is -0.770. The van der Waals surface area contributed by atoms with Crippen molar-refractivity contribution in [2.45, 2.75) is 32.7 Å². The van der Waals surface area contributed by atoms with Crippen molar-refractivity contribution in [3.8, 4) is 0 Å². The van der Waals surface area contributed by atoms with Gasteiger partial charge in [0.05, 0.1) is 17.1 Å². The van der Waals surface area contributed by atoms with Gasteiger partial charge in [0.15, 0.2) is 0 Å². The van der Waals surface area contributed by atoms with Crippen molar-refractivity contribution < 1.29 is 27.5 Å². The van der Waals surface area contributed by atoms with Gasteiger partial charge in [-0.3, -0.25) is 9.80 Å². The van der Waals surface area contributed by atoms with Gasteiger partial charge in [0.2, 0.25) is 0 Å². The number of alkyl halides is 3. The number of halogens is 4. The zero-order valence-electron chi connectivity index (χ0n) is 18.0. The Balaban J connectivity index is 1.90. The van der Waals surface area contributed by atoms with Crippen molar-refractivity contribution in [1.29, 1.82) is 0 Å². The molecule has 2 aliphatic heterocycles. The van der Waals surface area contributed by atoms with E-state index in [2.05, 4.69) is 4.90 Å². The van der Waals surface area contributed by atoms with Crippen LogP contribution in [-0.2, 0) is 11.3 Å². The molecule has 1 N–H and O–H groups in total. The molecule has 0 saturated carbocycles. The van der Waals surface area contributed by atoms with Gasteiger partial charge in [0, 0.05) is 32.7 Å². The van der Waals surface area contributed by atoms with Crippen molar-refractivity contribution in [3.63, 3.8) is 0 Å². The number of piperazine rings is 1. The zero-order valence-corrected chi connectivity index (χ0v) is 18.8. The van der Waals surface area contributed by atoms with E-state index in [1.54, 1.807) is 19.1 Å². The van der Waals surface area contributed by atoms with Gasteiger partial charge >= 0.3 is 12.1 Å². The van der Waals surface area contributed by atoms with E-state index < -0.39 is 18.7 Å². The van der Waals surface area contributed by atoms with E-state index in [0.717, 1.165) is 0 Å². The van der Waals surface area contributed by atoms with Crippen LogP contribution >= 0.6 is 11.8 Å². The molecule has 0 aliphatic carbocycles. The Labute approximate surface area is 189 Å². The third-order valence-corrected chi connectivity index (χ3v) is 6.51. The summed E-state index contributed by atoms with van der Waals surface area (Å²) < 4.78 is 52.1. The maximum absolute atomic E-state index is 13.8. The highest BCUT2D eigenvalue weighted by Gasteiger charge is 2.37. The predicted molar refractivity (Wildman–Crippen MR) is 116 cm³/mol. The van der Waals surface area contributed by atoms with Crippen LogP contribution in [0.15, 0.2) is 46.5 Å². The van der Waals surface area contributed by atoms with E-state index in [-0.39, 0.29) is 37.2 Å². The molecule has 1 aromatic carbocycles. The van der Waals surface area contributed by atoms with E-state index in [4.69, 9.17) is 0 Å². The van der Waals surface area contributed by atoms with E-state index in [9.17, 15) is 27.5 Å². The Kier molecular flexibility index (Phi) is 7.89. The number of hydrogen-bond donors (Lipinski definition) is 1. The number of hydrogen-bond acceptors (Lipinski definition) is 5. The molecule has 1 atom stereocenters. The molecule has 2 aliphatic rings. The average molecular weight is 474 g/mol. The molecule has 1 fully saturated rings. The number of thioether (sulfide) groups is 1. The summed E-state index contributed by atoms with van der Waals surface area (Å²) in [6, 6.07) is 6.15. The van der Waals surface area contributed by atoms with Crippen molar-refractivity contribution in [2.75, 3.05) is 38.5 Å². The molecule has 0 aromatic heterocycles. The van der Waals surface area contributed by atoms with E-state index in [0.29, 0.717) is 35.0 Å². The molecule has 1 unspecified atom stereocenters. The monoisotopic (exact) mass is 473 g/mol. The van der Waals surface area contributed by atoms with Crippen LogP contribution in [0, 0.1) is 5.82 Å². The largest absolute Gasteiger partial charge is 0.478 e. The Morgan fingerprint density at radius 3 is 2.47 bits per heavy atom. The van der Waals surface area contributed by atoms with Gasteiger partial charge in [-0.1, -0.05) is 19.1 Å². The highest BCUT2D eigenvalue weighted by Crippen LogP contribution is 2.37. The Morgan fingerprint density at radius 1 is 1.22 bits per heavy atom. The number of rotatable bonds is 7. The predicted octanol–water partition coefficient (Wildman–Crippen LogP) is 4.14. The normalized spacial score (nSPS) is 21.1. The fourth-order valence-corrected chi connectivity index (χ4v) is 5.13. The molecule has 176 valence electrons. The molecule has 0 radical (unpaired) electrons. The summed E-state index contributed by atoms with van der Waals surface area (Å²) in [7, 11) is 0. The standard InChI is InChI=1S/C22H27F4N3O2S/c1-3-32-20-19(21(30)31)15(2)11-18(29(20)13-16-5-4-6-17(23)12-16)28-9-7-27(8-10-28)14-22(24,25)26/h4-6,11-12,18H,3,7-10,13-14H2,1-2H3,(H,30,31). The molecule has 2 heterocycles. The molecule has 5 nitrogen and oxygen atoms in total. The van der Waals surface area contributed by atoms with Gasteiger partial charge in [-0.2, -0.15) is 13.2 Å². The lowest BCUT2D eigenvalue weighted by Gasteiger charge is -2.46. The molecule has 1 saturated heterocycles. The van der Waals surface area contributed by atoms with Crippen LogP contribution in [-0.4, -0.2) is 76.6 Å². The Hall–Kier alpha value is -2.04. The van der Waals surface area contributed by atoms with Crippen LogP contribution in [0.5, 0.6) is 0 Å². The lowest BCUT2D eigenvalue weighted by Crippen LogP contribution is -2.56. The van der Waals surface area contributed by atoms with Gasteiger partial charge in [-0.15, -0.1) is 11.8 Å². The van der Waals surface area contributed by atoms with Crippen LogP contribution in [0.1, 0.15) is 19.4 Å². The van der Waals surface area contributed by atoms with Crippen LogP contribution in [0.4, 0.5) is 17.6 Å². The molecular formula is C22H27F4N3O2S. The lowest BCUT2D eigenvalue weighted by atomic mass is 10.0. The number of nitrogens with zero attached hydrogens (tertiary/aromatic N) is 3. The van der Waals surface area contributed by atoms with Gasteiger partial charge in [0.1, 0.15) is 12.0 Å². The Morgan fingerprint density at radius 2 is 1.91 bits per heavy atom. The second-order valence-electron chi connectivity index (χ2n) is 7.87. The summed E-state index contributed by atoms with van der Waals surface area (Å²) in [4.78, 5) is 17.4. The number of carbonyl (C=O) groups is 1. The van der Waals surface area contributed by atoms with Crippen molar-refractivity contribution in [3.05, 3.63) is 57.9 Å². The number of carboxylic acid groups (broad SMARTS) is 1. The zero-order chi connectivity index (χ0) is 23.5. The second-order valence-corrected chi connectivity index (χ2v) is 9.12. The average Bonchev–Trinajstić information content (AvgIpc) is 2.69. The molecule has 32 heavy (non-hydrogen) atoms. The number of aliphatic carboxylic acids is 1. The molecule has 10 heteroatoms. The summed E-state index contributed by atoms with van der Waals surface area (Å²) in [6.07, 6.45) is -2.72. The quantitative estimate of drug-likeness (QED) is 0.601. The third kappa shape index (κ3) is 6.05.